The van der Waals surface area contributed by atoms with Gasteiger partial charge in [0.25, 0.3) is 11.8 Å². The van der Waals surface area contributed by atoms with E-state index in [1.165, 1.54) is 6.20 Å². The highest BCUT2D eigenvalue weighted by Gasteiger charge is 2.12. The molecule has 0 spiro atoms. The van der Waals surface area contributed by atoms with Crippen molar-refractivity contribution in [1.82, 2.24) is 15.6 Å². The zero-order valence-electron chi connectivity index (χ0n) is 14.0. The Morgan fingerprint density at radius 2 is 1.89 bits per heavy atom. The van der Waals surface area contributed by atoms with Crippen LogP contribution >= 0.6 is 27.5 Å². The minimum atomic E-state index is -0.346. The number of benzene rings is 1. The topological polar surface area (TPSA) is 84.2 Å². The molecule has 0 fully saturated rings. The van der Waals surface area contributed by atoms with Crippen molar-refractivity contribution in [2.75, 3.05) is 0 Å². The summed E-state index contributed by atoms with van der Waals surface area (Å²) >= 11 is 9.23. The summed E-state index contributed by atoms with van der Waals surface area (Å²) in [5.41, 5.74) is 1.56. The van der Waals surface area contributed by atoms with E-state index in [1.807, 2.05) is 6.07 Å². The van der Waals surface area contributed by atoms with E-state index in [2.05, 4.69) is 31.5 Å². The Balaban J connectivity index is 1.61. The predicted molar refractivity (Wildman–Crippen MR) is 104 cm³/mol. The number of amides is 2. The molecule has 2 aromatic heterocycles. The van der Waals surface area contributed by atoms with Crippen LogP contribution in [0.1, 0.15) is 32.0 Å². The van der Waals surface area contributed by atoms with Crippen molar-refractivity contribution < 1.29 is 14.0 Å². The third kappa shape index (κ3) is 5.18. The first-order valence-corrected chi connectivity index (χ1v) is 9.19. The summed E-state index contributed by atoms with van der Waals surface area (Å²) in [4.78, 5) is 28.5. The number of furan rings is 1. The van der Waals surface area contributed by atoms with Crippen LogP contribution < -0.4 is 10.6 Å². The number of nitrogens with one attached hydrogen (secondary N) is 2. The lowest BCUT2D eigenvalue weighted by Crippen LogP contribution is -2.24. The van der Waals surface area contributed by atoms with Crippen molar-refractivity contribution in [2.24, 2.45) is 0 Å². The molecule has 0 bridgehead atoms. The highest BCUT2D eigenvalue weighted by atomic mass is 79.9. The monoisotopic (exact) mass is 447 g/mol. The van der Waals surface area contributed by atoms with Crippen molar-refractivity contribution in [3.05, 3.63) is 87.0 Å². The molecule has 0 atom stereocenters. The SMILES string of the molecule is O=C(NCc1ccco1)c1cccc(CNC(=O)c2cc(Br)cnc2Cl)c1. The zero-order chi connectivity index (χ0) is 19.2. The molecule has 0 aliphatic carbocycles. The Hall–Kier alpha value is -2.64. The molecule has 0 aliphatic rings. The molecule has 0 unspecified atom stereocenters. The van der Waals surface area contributed by atoms with E-state index in [9.17, 15) is 9.59 Å². The number of aromatic nitrogens is 1. The summed E-state index contributed by atoms with van der Waals surface area (Å²) in [7, 11) is 0. The third-order valence-electron chi connectivity index (χ3n) is 3.70. The smallest absolute Gasteiger partial charge is 0.254 e. The van der Waals surface area contributed by atoms with Gasteiger partial charge in [-0.05, 0) is 51.8 Å². The molecule has 27 heavy (non-hydrogen) atoms. The van der Waals surface area contributed by atoms with Crippen molar-refractivity contribution in [2.45, 2.75) is 13.1 Å². The minimum absolute atomic E-state index is 0.127. The first kappa shape index (κ1) is 19.1. The normalized spacial score (nSPS) is 10.4. The number of carbonyl (C=O) groups is 2. The van der Waals surface area contributed by atoms with E-state index < -0.39 is 0 Å². The van der Waals surface area contributed by atoms with E-state index in [0.717, 1.165) is 5.56 Å². The molecule has 0 saturated carbocycles. The zero-order valence-corrected chi connectivity index (χ0v) is 16.4. The molecule has 3 aromatic rings. The largest absolute Gasteiger partial charge is 0.467 e. The van der Waals surface area contributed by atoms with Crippen LogP contribution in [0.5, 0.6) is 0 Å². The van der Waals surface area contributed by atoms with Crippen LogP contribution in [0.2, 0.25) is 5.15 Å². The maximum Gasteiger partial charge on any atom is 0.254 e. The van der Waals surface area contributed by atoms with Gasteiger partial charge in [-0.1, -0.05) is 23.7 Å². The van der Waals surface area contributed by atoms with Crippen LogP contribution in [-0.4, -0.2) is 16.8 Å². The molecule has 0 aliphatic heterocycles. The molecule has 2 heterocycles. The van der Waals surface area contributed by atoms with E-state index in [1.54, 1.807) is 42.7 Å². The lowest BCUT2D eigenvalue weighted by atomic mass is 10.1. The Kier molecular flexibility index (Phi) is 6.26. The summed E-state index contributed by atoms with van der Waals surface area (Å²) < 4.78 is 5.85. The second-order valence-electron chi connectivity index (χ2n) is 5.64. The molecule has 2 amide bonds. The van der Waals surface area contributed by atoms with Crippen molar-refractivity contribution >= 4 is 39.3 Å². The van der Waals surface area contributed by atoms with Gasteiger partial charge in [0.15, 0.2) is 0 Å². The third-order valence-corrected chi connectivity index (χ3v) is 4.43. The highest BCUT2D eigenvalue weighted by Crippen LogP contribution is 2.18. The fourth-order valence-electron chi connectivity index (χ4n) is 2.36. The maximum atomic E-state index is 12.3. The lowest BCUT2D eigenvalue weighted by molar-refractivity contribution is 0.0943. The van der Waals surface area contributed by atoms with E-state index in [-0.39, 0.29) is 29.1 Å². The van der Waals surface area contributed by atoms with Crippen LogP contribution in [0.3, 0.4) is 0 Å². The summed E-state index contributed by atoms with van der Waals surface area (Å²) in [5, 5.41) is 5.68. The Morgan fingerprint density at radius 1 is 1.07 bits per heavy atom. The fraction of sp³-hybridized carbons (Fsp3) is 0.105. The molecule has 2 N–H and O–H groups in total. The van der Waals surface area contributed by atoms with Crippen LogP contribution in [0.25, 0.3) is 0 Å². The van der Waals surface area contributed by atoms with Gasteiger partial charge in [-0.2, -0.15) is 0 Å². The Labute approximate surface area is 169 Å². The number of rotatable bonds is 6. The van der Waals surface area contributed by atoms with E-state index >= 15 is 0 Å². The second kappa shape index (κ2) is 8.83. The Bertz CT molecular complexity index is 961. The van der Waals surface area contributed by atoms with Crippen LogP contribution in [-0.2, 0) is 13.1 Å². The highest BCUT2D eigenvalue weighted by molar-refractivity contribution is 9.10. The fourth-order valence-corrected chi connectivity index (χ4v) is 2.89. The van der Waals surface area contributed by atoms with E-state index in [4.69, 9.17) is 16.0 Å². The van der Waals surface area contributed by atoms with Crippen molar-refractivity contribution in [1.29, 1.82) is 0 Å². The minimum Gasteiger partial charge on any atom is -0.467 e. The molecule has 0 saturated heterocycles. The summed E-state index contributed by atoms with van der Waals surface area (Å²) in [6.07, 6.45) is 3.07. The first-order chi connectivity index (χ1) is 13.0. The quantitative estimate of drug-likeness (QED) is 0.559. The van der Waals surface area contributed by atoms with Crippen LogP contribution in [0.15, 0.2) is 63.8 Å². The van der Waals surface area contributed by atoms with Gasteiger partial charge in [0.1, 0.15) is 10.9 Å². The molecule has 0 radical (unpaired) electrons. The number of hydrogen-bond donors (Lipinski definition) is 2. The van der Waals surface area contributed by atoms with Gasteiger partial charge in [0, 0.05) is 22.8 Å². The van der Waals surface area contributed by atoms with Crippen LogP contribution in [0, 0.1) is 0 Å². The first-order valence-electron chi connectivity index (χ1n) is 8.01. The summed E-state index contributed by atoms with van der Waals surface area (Å²) in [6, 6.07) is 12.2. The number of hydrogen-bond acceptors (Lipinski definition) is 4. The van der Waals surface area contributed by atoms with E-state index in [0.29, 0.717) is 22.3 Å². The van der Waals surface area contributed by atoms with Crippen LogP contribution in [0.4, 0.5) is 0 Å². The molecule has 1 aromatic carbocycles. The summed E-state index contributed by atoms with van der Waals surface area (Å²) in [5.74, 6) is 0.103. The number of carbonyl (C=O) groups excluding carboxylic acids is 2. The molecular formula is C19H15BrClN3O3. The molecule has 138 valence electrons. The average Bonchev–Trinajstić information content (AvgIpc) is 3.20. The second-order valence-corrected chi connectivity index (χ2v) is 6.91. The van der Waals surface area contributed by atoms with Gasteiger partial charge in [-0.3, -0.25) is 9.59 Å². The number of nitrogens with zero attached hydrogens (tertiary/aromatic N) is 1. The van der Waals surface area contributed by atoms with Gasteiger partial charge >= 0.3 is 0 Å². The molecule has 3 rings (SSSR count). The predicted octanol–water partition coefficient (Wildman–Crippen LogP) is 3.95. The van der Waals surface area contributed by atoms with Gasteiger partial charge < -0.3 is 15.1 Å². The molecular weight excluding hydrogens is 434 g/mol. The van der Waals surface area contributed by atoms with Gasteiger partial charge in [-0.15, -0.1) is 0 Å². The summed E-state index contributed by atoms with van der Waals surface area (Å²) in [6.45, 7) is 0.558. The average molecular weight is 449 g/mol. The van der Waals surface area contributed by atoms with Gasteiger partial charge in [0.05, 0.1) is 18.4 Å². The molecule has 8 heteroatoms. The van der Waals surface area contributed by atoms with Crippen molar-refractivity contribution in [3.8, 4) is 0 Å². The Morgan fingerprint density at radius 3 is 2.67 bits per heavy atom. The number of halogens is 2. The standard InChI is InChI=1S/C19H15BrClN3O3/c20-14-8-16(17(21)22-10-14)19(26)23-9-12-3-1-4-13(7-12)18(25)24-11-15-5-2-6-27-15/h1-8,10H,9,11H2,(H,23,26)(H,24,25). The maximum absolute atomic E-state index is 12.3. The number of pyridine rings is 1. The van der Waals surface area contributed by atoms with Gasteiger partial charge in [0.2, 0.25) is 0 Å². The van der Waals surface area contributed by atoms with Crippen molar-refractivity contribution in [3.63, 3.8) is 0 Å². The lowest BCUT2D eigenvalue weighted by Gasteiger charge is -2.09. The molecule has 6 nitrogen and oxygen atoms in total. The van der Waals surface area contributed by atoms with Gasteiger partial charge in [-0.25, -0.2) is 4.98 Å².